The summed E-state index contributed by atoms with van der Waals surface area (Å²) < 4.78 is 27.2. The number of aryl methyl sites for hydroxylation is 1. The summed E-state index contributed by atoms with van der Waals surface area (Å²) in [4.78, 5) is 25.1. The molecule has 0 radical (unpaired) electrons. The summed E-state index contributed by atoms with van der Waals surface area (Å²) in [5.74, 6) is -0.0228. The smallest absolute Gasteiger partial charge is 0.273 e. The van der Waals surface area contributed by atoms with E-state index >= 15 is 0 Å². The molecule has 0 aromatic heterocycles. The number of carbonyl (C=O) groups excluding carboxylic acids is 1. The summed E-state index contributed by atoms with van der Waals surface area (Å²) in [7, 11) is -3.64. The van der Waals surface area contributed by atoms with E-state index in [-0.39, 0.29) is 48.2 Å². The summed E-state index contributed by atoms with van der Waals surface area (Å²) in [6.45, 7) is 6.50. The van der Waals surface area contributed by atoms with Gasteiger partial charge in [0.05, 0.1) is 9.82 Å². The fourth-order valence-electron chi connectivity index (χ4n) is 3.43. The van der Waals surface area contributed by atoms with Crippen molar-refractivity contribution in [3.63, 3.8) is 0 Å². The lowest BCUT2D eigenvalue weighted by Gasteiger charge is -2.34. The lowest BCUT2D eigenvalue weighted by atomic mass is 10.0. The maximum absolute atomic E-state index is 12.9. The molecule has 0 spiro atoms. The molecule has 160 valence electrons. The SMILES string of the molecule is Cc1ccc(C(=O)N2CCN(S(=O)(=O)c3ccc(C(C)C)cc3)CC2)cc1[N+](=O)[O-]. The number of nitro benzene ring substituents is 1. The van der Waals surface area contributed by atoms with Crippen LogP contribution in [0.2, 0.25) is 0 Å². The van der Waals surface area contributed by atoms with Crippen LogP contribution < -0.4 is 0 Å². The quantitative estimate of drug-likeness (QED) is 0.535. The van der Waals surface area contributed by atoms with Gasteiger partial charge in [0.15, 0.2) is 0 Å². The molecule has 0 atom stereocenters. The third-order valence-corrected chi connectivity index (χ3v) is 7.28. The molecule has 0 aliphatic carbocycles. The molecule has 1 amide bonds. The maximum atomic E-state index is 12.9. The number of carbonyl (C=O) groups is 1. The number of benzene rings is 2. The topological polar surface area (TPSA) is 101 Å². The van der Waals surface area contributed by atoms with Crippen LogP contribution in [0.25, 0.3) is 0 Å². The highest BCUT2D eigenvalue weighted by Gasteiger charge is 2.31. The van der Waals surface area contributed by atoms with E-state index in [1.165, 1.54) is 15.3 Å². The largest absolute Gasteiger partial charge is 0.336 e. The van der Waals surface area contributed by atoms with Gasteiger partial charge in [0.1, 0.15) is 0 Å². The van der Waals surface area contributed by atoms with Gasteiger partial charge in [0, 0.05) is 43.4 Å². The van der Waals surface area contributed by atoms with Crippen molar-refractivity contribution in [3.05, 3.63) is 69.3 Å². The lowest BCUT2D eigenvalue weighted by Crippen LogP contribution is -2.50. The maximum Gasteiger partial charge on any atom is 0.273 e. The van der Waals surface area contributed by atoms with Gasteiger partial charge >= 0.3 is 0 Å². The normalized spacial score (nSPS) is 15.4. The van der Waals surface area contributed by atoms with Gasteiger partial charge in [-0.2, -0.15) is 4.31 Å². The second-order valence-corrected chi connectivity index (χ2v) is 9.62. The Balaban J connectivity index is 1.70. The number of amides is 1. The van der Waals surface area contributed by atoms with E-state index in [0.29, 0.717) is 11.5 Å². The van der Waals surface area contributed by atoms with Gasteiger partial charge in [-0.1, -0.05) is 32.0 Å². The molecule has 2 aromatic rings. The van der Waals surface area contributed by atoms with E-state index in [2.05, 4.69) is 0 Å². The van der Waals surface area contributed by atoms with E-state index < -0.39 is 14.9 Å². The first-order valence-corrected chi connectivity index (χ1v) is 11.2. The van der Waals surface area contributed by atoms with Crippen LogP contribution in [0.5, 0.6) is 0 Å². The number of piperazine rings is 1. The van der Waals surface area contributed by atoms with Crippen LogP contribution in [0.15, 0.2) is 47.4 Å². The fourth-order valence-corrected chi connectivity index (χ4v) is 4.85. The number of hydrogen-bond donors (Lipinski definition) is 0. The number of nitrogens with zero attached hydrogens (tertiary/aromatic N) is 3. The Bertz CT molecular complexity index is 1060. The predicted molar refractivity (Wildman–Crippen MR) is 113 cm³/mol. The molecular weight excluding hydrogens is 406 g/mol. The van der Waals surface area contributed by atoms with Gasteiger partial charge in [0.2, 0.25) is 10.0 Å². The standard InChI is InChI=1S/C21H25N3O5S/c1-15(2)17-6-8-19(9-7-17)30(28,29)23-12-10-22(11-13-23)21(25)18-5-4-16(3)20(14-18)24(26)27/h4-9,14-15H,10-13H2,1-3H3. The van der Waals surface area contributed by atoms with Gasteiger partial charge in [-0.15, -0.1) is 0 Å². The van der Waals surface area contributed by atoms with Crippen LogP contribution in [0.1, 0.15) is 41.3 Å². The molecule has 1 heterocycles. The molecule has 0 N–H and O–H groups in total. The second-order valence-electron chi connectivity index (χ2n) is 7.68. The molecule has 2 aromatic carbocycles. The molecule has 9 heteroatoms. The zero-order valence-electron chi connectivity index (χ0n) is 17.2. The molecule has 1 aliphatic heterocycles. The van der Waals surface area contributed by atoms with Crippen molar-refractivity contribution in [1.82, 2.24) is 9.21 Å². The Morgan fingerprint density at radius 1 is 1.03 bits per heavy atom. The van der Waals surface area contributed by atoms with E-state index in [9.17, 15) is 23.3 Å². The molecular formula is C21H25N3O5S. The average Bonchev–Trinajstić information content (AvgIpc) is 2.73. The molecule has 0 bridgehead atoms. The fraction of sp³-hybridized carbons (Fsp3) is 0.381. The predicted octanol–water partition coefficient (Wildman–Crippen LogP) is 3.17. The Morgan fingerprint density at radius 2 is 1.63 bits per heavy atom. The van der Waals surface area contributed by atoms with Gasteiger partial charge < -0.3 is 4.90 Å². The molecule has 8 nitrogen and oxygen atoms in total. The average molecular weight is 432 g/mol. The Labute approximate surface area is 176 Å². The van der Waals surface area contributed by atoms with E-state index in [0.717, 1.165) is 5.56 Å². The van der Waals surface area contributed by atoms with Crippen molar-refractivity contribution in [2.45, 2.75) is 31.6 Å². The molecule has 0 unspecified atom stereocenters. The number of rotatable bonds is 5. The highest BCUT2D eigenvalue weighted by Crippen LogP contribution is 2.23. The van der Waals surface area contributed by atoms with Crippen molar-refractivity contribution in [2.24, 2.45) is 0 Å². The Hall–Kier alpha value is -2.78. The second kappa shape index (κ2) is 8.53. The van der Waals surface area contributed by atoms with Gasteiger partial charge in [-0.05, 0) is 36.6 Å². The summed E-state index contributed by atoms with van der Waals surface area (Å²) in [5, 5.41) is 11.1. The van der Waals surface area contributed by atoms with Crippen LogP contribution in [0, 0.1) is 17.0 Å². The minimum atomic E-state index is -3.64. The molecule has 1 fully saturated rings. The third kappa shape index (κ3) is 4.36. The monoisotopic (exact) mass is 431 g/mol. The number of hydrogen-bond acceptors (Lipinski definition) is 5. The molecule has 3 rings (SSSR count). The minimum absolute atomic E-state index is 0.105. The van der Waals surface area contributed by atoms with Crippen molar-refractivity contribution in [1.29, 1.82) is 0 Å². The summed E-state index contributed by atoms with van der Waals surface area (Å²) >= 11 is 0. The van der Waals surface area contributed by atoms with Crippen LogP contribution >= 0.6 is 0 Å². The molecule has 0 saturated carbocycles. The van der Waals surface area contributed by atoms with E-state index in [1.54, 1.807) is 31.2 Å². The third-order valence-electron chi connectivity index (χ3n) is 5.36. The Kier molecular flexibility index (Phi) is 6.23. The number of nitro groups is 1. The van der Waals surface area contributed by atoms with Crippen LogP contribution in [-0.4, -0.2) is 54.6 Å². The first kappa shape index (κ1) is 21.9. The zero-order chi connectivity index (χ0) is 22.1. The van der Waals surface area contributed by atoms with Gasteiger partial charge in [-0.3, -0.25) is 14.9 Å². The van der Waals surface area contributed by atoms with Gasteiger partial charge in [0.25, 0.3) is 11.6 Å². The molecule has 1 saturated heterocycles. The van der Waals surface area contributed by atoms with E-state index in [4.69, 9.17) is 0 Å². The van der Waals surface area contributed by atoms with Crippen LogP contribution in [-0.2, 0) is 10.0 Å². The lowest BCUT2D eigenvalue weighted by molar-refractivity contribution is -0.385. The first-order valence-electron chi connectivity index (χ1n) is 9.75. The highest BCUT2D eigenvalue weighted by atomic mass is 32.2. The summed E-state index contributed by atoms with van der Waals surface area (Å²) in [6.07, 6.45) is 0. The molecule has 1 aliphatic rings. The van der Waals surface area contributed by atoms with Crippen molar-refractivity contribution >= 4 is 21.6 Å². The summed E-state index contributed by atoms with van der Waals surface area (Å²) in [6, 6.07) is 11.3. The van der Waals surface area contributed by atoms with Crippen molar-refractivity contribution in [3.8, 4) is 0 Å². The van der Waals surface area contributed by atoms with Crippen molar-refractivity contribution in [2.75, 3.05) is 26.2 Å². The first-order chi connectivity index (χ1) is 14.1. The zero-order valence-corrected chi connectivity index (χ0v) is 18.1. The Morgan fingerprint density at radius 3 is 2.17 bits per heavy atom. The van der Waals surface area contributed by atoms with Gasteiger partial charge in [-0.25, -0.2) is 8.42 Å². The summed E-state index contributed by atoms with van der Waals surface area (Å²) in [5.41, 5.74) is 1.67. The van der Waals surface area contributed by atoms with Crippen LogP contribution in [0.4, 0.5) is 5.69 Å². The minimum Gasteiger partial charge on any atom is -0.336 e. The molecule has 30 heavy (non-hydrogen) atoms. The van der Waals surface area contributed by atoms with Crippen LogP contribution in [0.3, 0.4) is 0 Å². The number of sulfonamides is 1. The highest BCUT2D eigenvalue weighted by molar-refractivity contribution is 7.89. The van der Waals surface area contributed by atoms with Crippen molar-refractivity contribution < 1.29 is 18.1 Å². The van der Waals surface area contributed by atoms with E-state index in [1.807, 2.05) is 26.0 Å².